The molecule has 1 amide bonds. The third-order valence-electron chi connectivity index (χ3n) is 2.40. The van der Waals surface area contributed by atoms with Crippen molar-refractivity contribution in [3.63, 3.8) is 0 Å². The summed E-state index contributed by atoms with van der Waals surface area (Å²) in [5.41, 5.74) is -0.0352. The number of hydrogen-bond donors (Lipinski definition) is 0. The van der Waals surface area contributed by atoms with Crippen molar-refractivity contribution in [2.45, 2.75) is 26.4 Å². The van der Waals surface area contributed by atoms with Crippen LogP contribution in [0.2, 0.25) is 0 Å². The number of amides is 1. The average molecular weight is 276 g/mol. The normalized spacial score (nSPS) is 10.6. The maximum absolute atomic E-state index is 11.7. The second-order valence-electron chi connectivity index (χ2n) is 5.36. The minimum atomic E-state index is -0.514. The molecule has 0 aliphatic heterocycles. The molecule has 0 radical (unpaired) electrons. The minimum absolute atomic E-state index is 0.300. The molecule has 0 bridgehead atoms. The zero-order valence-electron chi connectivity index (χ0n) is 12.3. The first-order valence-electron chi connectivity index (χ1n) is 6.39. The molecular weight excluding hydrogens is 256 g/mol. The zero-order valence-corrected chi connectivity index (χ0v) is 12.3. The van der Waals surface area contributed by atoms with Crippen LogP contribution in [0.3, 0.4) is 0 Å². The summed E-state index contributed by atoms with van der Waals surface area (Å²) in [6.45, 7) is 6.14. The van der Waals surface area contributed by atoms with Crippen LogP contribution >= 0.6 is 0 Å². The highest BCUT2D eigenvalue weighted by Gasteiger charge is 2.19. The summed E-state index contributed by atoms with van der Waals surface area (Å²) >= 11 is 0. The number of likely N-dealkylation sites (N-methyl/N-ethyl adjacent to an activating group) is 1. The molecule has 0 aromatic heterocycles. The highest BCUT2D eigenvalue weighted by atomic mass is 16.6. The first-order chi connectivity index (χ1) is 9.33. The fraction of sp³-hybridized carbons (Fsp3) is 0.467. The van der Waals surface area contributed by atoms with E-state index in [4.69, 9.17) is 14.7 Å². The molecule has 5 nitrogen and oxygen atoms in total. The Kier molecular flexibility index (Phi) is 5.39. The fourth-order valence-electron chi connectivity index (χ4n) is 1.41. The number of nitrogens with zero attached hydrogens (tertiary/aromatic N) is 2. The minimum Gasteiger partial charge on any atom is -0.490 e. The molecule has 108 valence electrons. The summed E-state index contributed by atoms with van der Waals surface area (Å²) in [5, 5.41) is 8.93. The van der Waals surface area contributed by atoms with Crippen molar-refractivity contribution in [2.24, 2.45) is 0 Å². The molecule has 20 heavy (non-hydrogen) atoms. The van der Waals surface area contributed by atoms with Crippen LogP contribution in [0.4, 0.5) is 4.79 Å². The van der Waals surface area contributed by atoms with Crippen molar-refractivity contribution >= 4 is 6.09 Å². The molecule has 0 spiro atoms. The Labute approximate surface area is 119 Å². The van der Waals surface area contributed by atoms with Gasteiger partial charge in [0.2, 0.25) is 0 Å². The molecule has 1 aromatic carbocycles. The van der Waals surface area contributed by atoms with Crippen molar-refractivity contribution in [3.8, 4) is 11.8 Å². The maximum Gasteiger partial charge on any atom is 0.410 e. The third-order valence-corrected chi connectivity index (χ3v) is 2.40. The van der Waals surface area contributed by atoms with E-state index < -0.39 is 11.7 Å². The van der Waals surface area contributed by atoms with Gasteiger partial charge in [-0.3, -0.25) is 0 Å². The Morgan fingerprint density at radius 2 is 2.00 bits per heavy atom. The lowest BCUT2D eigenvalue weighted by Gasteiger charge is -2.24. The Hall–Kier alpha value is -2.22. The fourth-order valence-corrected chi connectivity index (χ4v) is 1.41. The van der Waals surface area contributed by atoms with E-state index in [1.807, 2.05) is 20.8 Å². The van der Waals surface area contributed by atoms with E-state index in [1.54, 1.807) is 31.3 Å². The van der Waals surface area contributed by atoms with E-state index >= 15 is 0 Å². The number of ether oxygens (including phenoxy) is 2. The van der Waals surface area contributed by atoms with Crippen LogP contribution in [0.25, 0.3) is 0 Å². The van der Waals surface area contributed by atoms with Gasteiger partial charge in [0.1, 0.15) is 24.0 Å². The molecule has 0 heterocycles. The van der Waals surface area contributed by atoms with Gasteiger partial charge in [0.25, 0.3) is 0 Å². The van der Waals surface area contributed by atoms with Crippen molar-refractivity contribution in [1.29, 1.82) is 5.26 Å². The Balaban J connectivity index is 2.45. The molecule has 0 unspecified atom stereocenters. The molecule has 0 saturated heterocycles. The smallest absolute Gasteiger partial charge is 0.410 e. The van der Waals surface area contributed by atoms with Gasteiger partial charge < -0.3 is 14.4 Å². The highest BCUT2D eigenvalue weighted by Crippen LogP contribution is 2.16. The second-order valence-corrected chi connectivity index (χ2v) is 5.36. The van der Waals surface area contributed by atoms with Gasteiger partial charge in [0.15, 0.2) is 0 Å². The van der Waals surface area contributed by atoms with Crippen LogP contribution in [0.5, 0.6) is 5.75 Å². The summed E-state index contributed by atoms with van der Waals surface area (Å²) in [5.74, 6) is 0.521. The maximum atomic E-state index is 11.7. The van der Waals surface area contributed by atoms with Gasteiger partial charge in [0, 0.05) is 7.05 Å². The molecule has 0 saturated carbocycles. The molecule has 1 aromatic rings. The highest BCUT2D eigenvalue weighted by molar-refractivity contribution is 5.67. The number of carbonyl (C=O) groups excluding carboxylic acids is 1. The van der Waals surface area contributed by atoms with E-state index in [0.717, 1.165) is 0 Å². The van der Waals surface area contributed by atoms with Crippen molar-refractivity contribution in [2.75, 3.05) is 20.2 Å². The van der Waals surface area contributed by atoms with Gasteiger partial charge >= 0.3 is 6.09 Å². The number of benzene rings is 1. The summed E-state index contributed by atoms with van der Waals surface area (Å²) in [6, 6.07) is 9.05. The molecule has 0 N–H and O–H groups in total. The summed E-state index contributed by atoms with van der Waals surface area (Å²) < 4.78 is 10.7. The number of nitriles is 1. The van der Waals surface area contributed by atoms with E-state index in [-0.39, 0.29) is 0 Å². The van der Waals surface area contributed by atoms with Gasteiger partial charge in [0.05, 0.1) is 12.1 Å². The number of para-hydroxylation sites is 1. The zero-order chi connectivity index (χ0) is 15.2. The average Bonchev–Trinajstić information content (AvgIpc) is 2.37. The predicted molar refractivity (Wildman–Crippen MR) is 75.5 cm³/mol. The van der Waals surface area contributed by atoms with Crippen LogP contribution in [0, 0.1) is 11.3 Å². The third kappa shape index (κ3) is 5.19. The molecular formula is C15H20N2O3. The monoisotopic (exact) mass is 276 g/mol. The van der Waals surface area contributed by atoms with Gasteiger partial charge in [-0.25, -0.2) is 4.79 Å². The number of hydrogen-bond acceptors (Lipinski definition) is 4. The lowest BCUT2D eigenvalue weighted by atomic mass is 10.2. The van der Waals surface area contributed by atoms with Gasteiger partial charge in [-0.15, -0.1) is 0 Å². The Morgan fingerprint density at radius 1 is 1.35 bits per heavy atom. The lowest BCUT2D eigenvalue weighted by molar-refractivity contribution is 0.0278. The van der Waals surface area contributed by atoms with Gasteiger partial charge in [-0.05, 0) is 32.9 Å². The van der Waals surface area contributed by atoms with E-state index in [1.165, 1.54) is 4.90 Å². The SMILES string of the molecule is CN(CCOc1ccccc1C#N)C(=O)OC(C)(C)C. The Bertz CT molecular complexity index is 501. The standard InChI is InChI=1S/C15H20N2O3/c1-15(2,3)20-14(18)17(4)9-10-19-13-8-6-5-7-12(13)11-16/h5-8H,9-10H2,1-4H3. The molecule has 1 rings (SSSR count). The quantitative estimate of drug-likeness (QED) is 0.848. The molecule has 5 heteroatoms. The van der Waals surface area contributed by atoms with Crippen molar-refractivity contribution in [3.05, 3.63) is 29.8 Å². The van der Waals surface area contributed by atoms with Gasteiger partial charge in [-0.2, -0.15) is 5.26 Å². The number of carbonyl (C=O) groups is 1. The topological polar surface area (TPSA) is 62.6 Å². The Morgan fingerprint density at radius 3 is 2.60 bits per heavy atom. The molecule has 0 aliphatic carbocycles. The van der Waals surface area contributed by atoms with Crippen LogP contribution in [0.15, 0.2) is 24.3 Å². The van der Waals surface area contributed by atoms with Crippen molar-refractivity contribution in [1.82, 2.24) is 4.90 Å². The predicted octanol–water partition coefficient (Wildman–Crippen LogP) is 2.80. The first kappa shape index (κ1) is 15.8. The van der Waals surface area contributed by atoms with E-state index in [2.05, 4.69) is 6.07 Å². The lowest BCUT2D eigenvalue weighted by Crippen LogP contribution is -2.36. The van der Waals surface area contributed by atoms with Crippen LogP contribution in [0.1, 0.15) is 26.3 Å². The van der Waals surface area contributed by atoms with Gasteiger partial charge in [-0.1, -0.05) is 12.1 Å². The summed E-state index contributed by atoms with van der Waals surface area (Å²) in [6.07, 6.45) is -0.394. The van der Waals surface area contributed by atoms with Crippen molar-refractivity contribution < 1.29 is 14.3 Å². The largest absolute Gasteiger partial charge is 0.490 e. The molecule has 0 atom stereocenters. The summed E-state index contributed by atoms with van der Waals surface area (Å²) in [7, 11) is 1.65. The van der Waals surface area contributed by atoms with E-state index in [0.29, 0.717) is 24.5 Å². The van der Waals surface area contributed by atoms with Crippen LogP contribution in [-0.4, -0.2) is 36.8 Å². The second kappa shape index (κ2) is 6.80. The van der Waals surface area contributed by atoms with Crippen LogP contribution < -0.4 is 4.74 Å². The number of rotatable bonds is 4. The van der Waals surface area contributed by atoms with Crippen LogP contribution in [-0.2, 0) is 4.74 Å². The van der Waals surface area contributed by atoms with E-state index in [9.17, 15) is 4.79 Å². The summed E-state index contributed by atoms with van der Waals surface area (Å²) in [4.78, 5) is 13.2. The molecule has 0 fully saturated rings. The molecule has 0 aliphatic rings. The first-order valence-corrected chi connectivity index (χ1v) is 6.39.